The molecule has 1 heterocycles. The summed E-state index contributed by atoms with van der Waals surface area (Å²) in [6.45, 7) is 4.22. The average Bonchev–Trinajstić information content (AvgIpc) is 2.72. The molecule has 0 unspecified atom stereocenters. The van der Waals surface area contributed by atoms with E-state index in [1.807, 2.05) is 13.8 Å². The van der Waals surface area contributed by atoms with Crippen molar-refractivity contribution < 1.29 is 23.1 Å². The van der Waals surface area contributed by atoms with Gasteiger partial charge in [0, 0.05) is 11.4 Å². The van der Waals surface area contributed by atoms with Crippen LogP contribution in [0.15, 0.2) is 16.3 Å². The van der Waals surface area contributed by atoms with E-state index in [0.717, 1.165) is 11.3 Å². The fourth-order valence-corrected chi connectivity index (χ4v) is 3.69. The van der Waals surface area contributed by atoms with Crippen LogP contribution in [0.3, 0.4) is 0 Å². The van der Waals surface area contributed by atoms with Crippen molar-refractivity contribution in [1.29, 1.82) is 0 Å². The predicted molar refractivity (Wildman–Crippen MR) is 71.9 cm³/mol. The summed E-state index contributed by atoms with van der Waals surface area (Å²) < 4.78 is 31.5. The van der Waals surface area contributed by atoms with Crippen molar-refractivity contribution >= 4 is 27.3 Å². The number of carbonyl (C=O) groups is 1. The molecule has 1 aromatic rings. The topological polar surface area (TPSA) is 92.7 Å². The Bertz CT molecular complexity index is 521. The zero-order chi connectivity index (χ0) is 14.5. The average molecular weight is 307 g/mol. The lowest BCUT2D eigenvalue weighted by atomic mass is 10.3. The Kier molecular flexibility index (Phi) is 5.92. The molecule has 0 aliphatic rings. The molecule has 0 atom stereocenters. The van der Waals surface area contributed by atoms with Crippen molar-refractivity contribution in [2.24, 2.45) is 0 Å². The van der Waals surface area contributed by atoms with Gasteiger partial charge in [0.1, 0.15) is 4.21 Å². The van der Waals surface area contributed by atoms with Gasteiger partial charge in [-0.2, -0.15) is 0 Å². The first-order valence-electron chi connectivity index (χ1n) is 5.73. The lowest BCUT2D eigenvalue weighted by molar-refractivity contribution is -0.136. The van der Waals surface area contributed by atoms with E-state index in [2.05, 4.69) is 4.72 Å². The van der Waals surface area contributed by atoms with Crippen LogP contribution < -0.4 is 4.72 Å². The molecule has 0 saturated carbocycles. The number of ether oxygens (including phenoxy) is 1. The first-order chi connectivity index (χ1) is 8.81. The highest BCUT2D eigenvalue weighted by Gasteiger charge is 2.17. The van der Waals surface area contributed by atoms with Crippen LogP contribution in [-0.2, 0) is 26.0 Å². The number of hydrogen-bond donors (Lipinski definition) is 2. The molecule has 0 radical (unpaired) electrons. The molecule has 0 saturated heterocycles. The number of rotatable bonds is 8. The summed E-state index contributed by atoms with van der Waals surface area (Å²) in [5, 5.41) is 8.63. The minimum atomic E-state index is -3.58. The van der Waals surface area contributed by atoms with Gasteiger partial charge in [-0.25, -0.2) is 13.1 Å². The van der Waals surface area contributed by atoms with Crippen molar-refractivity contribution in [2.75, 3.05) is 13.2 Å². The monoisotopic (exact) mass is 307 g/mol. The smallest absolute Gasteiger partial charge is 0.308 e. The van der Waals surface area contributed by atoms with Gasteiger partial charge < -0.3 is 9.84 Å². The second-order valence-electron chi connectivity index (χ2n) is 4.11. The molecule has 0 amide bonds. The van der Waals surface area contributed by atoms with Gasteiger partial charge in [-0.05, 0) is 26.0 Å². The standard InChI is InChI=1S/C11H17NO5S2/c1-8(2)17-6-5-12-19(15,16)11-4-3-9(18-11)7-10(13)14/h3-4,8,12H,5-7H2,1-2H3,(H,13,14). The first-order valence-corrected chi connectivity index (χ1v) is 8.03. The first kappa shape index (κ1) is 16.1. The molecule has 0 aliphatic heterocycles. The molecule has 1 rings (SSSR count). The molecule has 0 fully saturated rings. The Hall–Kier alpha value is -0.960. The molecule has 2 N–H and O–H groups in total. The summed E-state index contributed by atoms with van der Waals surface area (Å²) in [5.74, 6) is -0.982. The third-order valence-electron chi connectivity index (χ3n) is 2.07. The summed E-state index contributed by atoms with van der Waals surface area (Å²) in [6.07, 6.45) is -0.121. The summed E-state index contributed by atoms with van der Waals surface area (Å²) in [5.41, 5.74) is 0. The van der Waals surface area contributed by atoms with Gasteiger partial charge in [-0.1, -0.05) is 0 Å². The second kappa shape index (κ2) is 6.99. The normalized spacial score (nSPS) is 11.9. The predicted octanol–water partition coefficient (Wildman–Crippen LogP) is 1.08. The number of carboxylic acids is 1. The van der Waals surface area contributed by atoms with Crippen molar-refractivity contribution in [3.05, 3.63) is 17.0 Å². The zero-order valence-corrected chi connectivity index (χ0v) is 12.4. The van der Waals surface area contributed by atoms with E-state index in [1.54, 1.807) is 0 Å². The van der Waals surface area contributed by atoms with E-state index >= 15 is 0 Å². The van der Waals surface area contributed by atoms with E-state index in [1.165, 1.54) is 12.1 Å². The Balaban J connectivity index is 2.57. The zero-order valence-electron chi connectivity index (χ0n) is 10.8. The summed E-state index contributed by atoms with van der Waals surface area (Å²) in [7, 11) is -3.58. The van der Waals surface area contributed by atoms with E-state index in [0.29, 0.717) is 11.5 Å². The second-order valence-corrected chi connectivity index (χ2v) is 7.27. The molecule has 108 valence electrons. The van der Waals surface area contributed by atoms with Crippen LogP contribution in [0.25, 0.3) is 0 Å². The summed E-state index contributed by atoms with van der Waals surface area (Å²) in [6, 6.07) is 2.92. The third kappa shape index (κ3) is 5.68. The Morgan fingerprint density at radius 1 is 1.47 bits per heavy atom. The highest BCUT2D eigenvalue weighted by molar-refractivity contribution is 7.91. The van der Waals surface area contributed by atoms with Gasteiger partial charge >= 0.3 is 5.97 Å². The van der Waals surface area contributed by atoms with Crippen LogP contribution in [0.1, 0.15) is 18.7 Å². The SMILES string of the molecule is CC(C)OCCNS(=O)(=O)c1ccc(CC(=O)O)s1. The molecule has 6 nitrogen and oxygen atoms in total. The van der Waals surface area contributed by atoms with Crippen LogP contribution in [0.5, 0.6) is 0 Å². The van der Waals surface area contributed by atoms with E-state index in [9.17, 15) is 13.2 Å². The molecular weight excluding hydrogens is 290 g/mol. The Labute approximate surface area is 116 Å². The van der Waals surface area contributed by atoms with Crippen molar-refractivity contribution in [3.8, 4) is 0 Å². The largest absolute Gasteiger partial charge is 0.481 e. The maximum Gasteiger partial charge on any atom is 0.308 e. The number of sulfonamides is 1. The van der Waals surface area contributed by atoms with Gasteiger partial charge in [0.15, 0.2) is 0 Å². The lowest BCUT2D eigenvalue weighted by Gasteiger charge is -2.08. The van der Waals surface area contributed by atoms with Crippen LogP contribution in [-0.4, -0.2) is 38.7 Å². The van der Waals surface area contributed by atoms with Crippen LogP contribution in [0.2, 0.25) is 0 Å². The maximum atomic E-state index is 11.9. The minimum absolute atomic E-state index is 0.0495. The molecule has 0 spiro atoms. The molecule has 0 bridgehead atoms. The van der Waals surface area contributed by atoms with Crippen molar-refractivity contribution in [3.63, 3.8) is 0 Å². The molecule has 19 heavy (non-hydrogen) atoms. The molecule has 1 aromatic heterocycles. The highest BCUT2D eigenvalue weighted by atomic mass is 32.2. The summed E-state index contributed by atoms with van der Waals surface area (Å²) >= 11 is 0.960. The van der Waals surface area contributed by atoms with E-state index < -0.39 is 16.0 Å². The van der Waals surface area contributed by atoms with Crippen LogP contribution >= 0.6 is 11.3 Å². The number of thiophene rings is 1. The fraction of sp³-hybridized carbons (Fsp3) is 0.545. The van der Waals surface area contributed by atoms with Crippen molar-refractivity contribution in [2.45, 2.75) is 30.6 Å². The minimum Gasteiger partial charge on any atom is -0.481 e. The van der Waals surface area contributed by atoms with Crippen LogP contribution in [0, 0.1) is 0 Å². The quantitative estimate of drug-likeness (QED) is 0.701. The van der Waals surface area contributed by atoms with Gasteiger partial charge in [-0.3, -0.25) is 4.79 Å². The number of carboxylic acid groups (broad SMARTS) is 1. The molecule has 0 aromatic carbocycles. The van der Waals surface area contributed by atoms with Gasteiger partial charge in [0.05, 0.1) is 19.1 Å². The number of hydrogen-bond acceptors (Lipinski definition) is 5. The highest BCUT2D eigenvalue weighted by Crippen LogP contribution is 2.21. The van der Waals surface area contributed by atoms with Gasteiger partial charge in [0.25, 0.3) is 0 Å². The Morgan fingerprint density at radius 2 is 2.16 bits per heavy atom. The maximum absolute atomic E-state index is 11.9. The third-order valence-corrected chi connectivity index (χ3v) is 5.11. The van der Waals surface area contributed by atoms with Crippen molar-refractivity contribution in [1.82, 2.24) is 4.72 Å². The van der Waals surface area contributed by atoms with Crippen LogP contribution in [0.4, 0.5) is 0 Å². The molecule has 0 aliphatic carbocycles. The van der Waals surface area contributed by atoms with Gasteiger partial charge in [-0.15, -0.1) is 11.3 Å². The van der Waals surface area contributed by atoms with E-state index in [-0.39, 0.29) is 23.3 Å². The summed E-state index contributed by atoms with van der Waals surface area (Å²) in [4.78, 5) is 11.0. The lowest BCUT2D eigenvalue weighted by Crippen LogP contribution is -2.27. The Morgan fingerprint density at radius 3 is 2.74 bits per heavy atom. The molecular formula is C11H17NO5S2. The molecule has 8 heteroatoms. The van der Waals surface area contributed by atoms with E-state index in [4.69, 9.17) is 9.84 Å². The van der Waals surface area contributed by atoms with Gasteiger partial charge in [0.2, 0.25) is 10.0 Å². The fourth-order valence-electron chi connectivity index (χ4n) is 1.29. The number of nitrogens with one attached hydrogen (secondary N) is 1. The number of aliphatic carboxylic acids is 1.